The van der Waals surface area contributed by atoms with Crippen LogP contribution in [0.3, 0.4) is 0 Å². The Labute approximate surface area is 179 Å². The van der Waals surface area contributed by atoms with Gasteiger partial charge in [-0.1, -0.05) is 18.2 Å². The number of fused-ring (bicyclic) bond motifs is 4. The normalized spacial score (nSPS) is 24.1. The van der Waals surface area contributed by atoms with Gasteiger partial charge in [-0.25, -0.2) is 4.57 Å². The Kier molecular flexibility index (Phi) is 4.96. The summed E-state index contributed by atoms with van der Waals surface area (Å²) < 4.78 is 15.8. The van der Waals surface area contributed by atoms with Crippen LogP contribution in [0.25, 0.3) is 32.6 Å². The number of aromatic nitrogens is 2. The van der Waals surface area contributed by atoms with Crippen LogP contribution in [-0.4, -0.2) is 51.1 Å². The standard InChI is InChI=1S/C24H27N2O5/c1-13-14-8-9-25(2)10-16(14)17(12-30-24-23(29)22(28)19(11-27)31-24)20-15-6-4-5-7-18(15)26(3)21(13)20/h4-10,19,22-24,27-29H,11-12H2,1-3H3/q+1/t19-,22+,23-,24-/m0/s1. The molecule has 31 heavy (non-hydrogen) atoms. The van der Waals surface area contributed by atoms with Crippen LogP contribution in [0.5, 0.6) is 0 Å². The van der Waals surface area contributed by atoms with E-state index >= 15 is 0 Å². The minimum atomic E-state index is -1.21. The van der Waals surface area contributed by atoms with Crippen molar-refractivity contribution < 1.29 is 29.4 Å². The monoisotopic (exact) mass is 423 g/mol. The molecule has 2 aromatic carbocycles. The quantitative estimate of drug-likeness (QED) is 0.434. The fourth-order valence-corrected chi connectivity index (χ4v) is 4.88. The second-order valence-electron chi connectivity index (χ2n) is 8.36. The second kappa shape index (κ2) is 7.55. The van der Waals surface area contributed by atoms with Gasteiger partial charge in [-0.2, -0.15) is 0 Å². The molecule has 3 N–H and O–H groups in total. The third-order valence-corrected chi connectivity index (χ3v) is 6.48. The molecule has 2 aromatic heterocycles. The maximum absolute atomic E-state index is 10.3. The molecule has 1 aliphatic heterocycles. The molecule has 4 aromatic rings. The van der Waals surface area contributed by atoms with E-state index in [1.54, 1.807) is 0 Å². The molecular formula is C24H27N2O5+. The minimum Gasteiger partial charge on any atom is -0.394 e. The molecule has 3 heterocycles. The number of aliphatic hydroxyl groups is 3. The average Bonchev–Trinajstić information content (AvgIpc) is 3.22. The van der Waals surface area contributed by atoms with E-state index in [2.05, 4.69) is 42.9 Å². The Morgan fingerprint density at radius 3 is 2.61 bits per heavy atom. The van der Waals surface area contributed by atoms with Gasteiger partial charge in [0.1, 0.15) is 25.4 Å². The van der Waals surface area contributed by atoms with Gasteiger partial charge in [0, 0.05) is 35.0 Å². The number of para-hydroxylation sites is 1. The van der Waals surface area contributed by atoms with Crippen LogP contribution in [0, 0.1) is 6.92 Å². The largest absolute Gasteiger partial charge is 0.394 e. The highest BCUT2D eigenvalue weighted by Crippen LogP contribution is 2.39. The highest BCUT2D eigenvalue weighted by atomic mass is 16.7. The first-order valence-corrected chi connectivity index (χ1v) is 10.4. The van der Waals surface area contributed by atoms with Crippen molar-refractivity contribution in [3.8, 4) is 0 Å². The van der Waals surface area contributed by atoms with E-state index in [0.717, 1.165) is 38.1 Å². The molecule has 0 amide bonds. The fraction of sp³-hybridized carbons (Fsp3) is 0.375. The van der Waals surface area contributed by atoms with E-state index < -0.39 is 24.6 Å². The molecule has 0 saturated carbocycles. The molecular weight excluding hydrogens is 396 g/mol. The molecule has 0 radical (unpaired) electrons. The first-order valence-electron chi connectivity index (χ1n) is 10.4. The van der Waals surface area contributed by atoms with Crippen molar-refractivity contribution in [2.24, 2.45) is 14.1 Å². The Balaban J connectivity index is 1.71. The maximum Gasteiger partial charge on any atom is 0.187 e. The summed E-state index contributed by atoms with van der Waals surface area (Å²) in [6, 6.07) is 10.4. The van der Waals surface area contributed by atoms with E-state index in [1.807, 2.05) is 29.9 Å². The van der Waals surface area contributed by atoms with E-state index in [4.69, 9.17) is 9.47 Å². The molecule has 162 valence electrons. The molecule has 7 nitrogen and oxygen atoms in total. The Morgan fingerprint density at radius 1 is 1.10 bits per heavy atom. The summed E-state index contributed by atoms with van der Waals surface area (Å²) in [6.45, 7) is 1.95. The van der Waals surface area contributed by atoms with Crippen LogP contribution in [-0.2, 0) is 30.2 Å². The fourth-order valence-electron chi connectivity index (χ4n) is 4.88. The zero-order valence-electron chi connectivity index (χ0n) is 17.8. The first-order chi connectivity index (χ1) is 14.9. The number of benzene rings is 2. The van der Waals surface area contributed by atoms with Crippen molar-refractivity contribution in [2.75, 3.05) is 6.61 Å². The minimum absolute atomic E-state index is 0.192. The van der Waals surface area contributed by atoms with Crippen LogP contribution in [0.1, 0.15) is 11.1 Å². The highest BCUT2D eigenvalue weighted by Gasteiger charge is 2.43. The highest BCUT2D eigenvalue weighted by molar-refractivity contribution is 6.16. The van der Waals surface area contributed by atoms with Gasteiger partial charge in [0.05, 0.1) is 24.1 Å². The Bertz CT molecular complexity index is 1300. The van der Waals surface area contributed by atoms with Crippen molar-refractivity contribution in [1.82, 2.24) is 4.57 Å². The molecule has 7 heteroatoms. The topological polar surface area (TPSA) is 88.0 Å². The van der Waals surface area contributed by atoms with Crippen molar-refractivity contribution in [3.05, 3.63) is 53.9 Å². The molecule has 1 aliphatic rings. The number of hydrogen-bond acceptors (Lipinski definition) is 5. The van der Waals surface area contributed by atoms with E-state index in [-0.39, 0.29) is 13.2 Å². The summed E-state index contributed by atoms with van der Waals surface area (Å²) in [5.41, 5.74) is 4.47. The predicted molar refractivity (Wildman–Crippen MR) is 116 cm³/mol. The second-order valence-corrected chi connectivity index (χ2v) is 8.36. The number of aliphatic hydroxyl groups excluding tert-OH is 3. The molecule has 1 fully saturated rings. The third kappa shape index (κ3) is 3.04. The Morgan fingerprint density at radius 2 is 1.87 bits per heavy atom. The van der Waals surface area contributed by atoms with Gasteiger partial charge in [0.15, 0.2) is 18.7 Å². The summed E-state index contributed by atoms with van der Waals surface area (Å²) in [5, 5.41) is 34.2. The molecule has 0 unspecified atom stereocenters. The van der Waals surface area contributed by atoms with E-state index in [0.29, 0.717) is 0 Å². The number of pyridine rings is 1. The number of rotatable bonds is 4. The number of hydrogen-bond donors (Lipinski definition) is 3. The summed E-state index contributed by atoms with van der Waals surface area (Å²) in [6.07, 6.45) is -0.149. The molecule has 0 spiro atoms. The first kappa shape index (κ1) is 20.4. The van der Waals surface area contributed by atoms with Gasteiger partial charge in [-0.15, -0.1) is 0 Å². The SMILES string of the molecule is Cc1c2cc[n+](C)cc2c(CO[C@H]2O[C@@H](CO)[C@@H](O)[C@@H]2O)c2c3ccccc3n(C)c12. The van der Waals surface area contributed by atoms with Gasteiger partial charge in [0.25, 0.3) is 0 Å². The molecule has 5 rings (SSSR count). The lowest BCUT2D eigenvalue weighted by molar-refractivity contribution is -0.670. The van der Waals surface area contributed by atoms with Gasteiger partial charge >= 0.3 is 0 Å². The number of aryl methyl sites for hydroxylation is 3. The molecule has 1 saturated heterocycles. The van der Waals surface area contributed by atoms with Crippen LogP contribution in [0.2, 0.25) is 0 Å². The van der Waals surface area contributed by atoms with Crippen LogP contribution >= 0.6 is 0 Å². The summed E-state index contributed by atoms with van der Waals surface area (Å²) >= 11 is 0. The van der Waals surface area contributed by atoms with Crippen molar-refractivity contribution in [2.45, 2.75) is 38.1 Å². The zero-order valence-corrected chi connectivity index (χ0v) is 17.8. The van der Waals surface area contributed by atoms with Gasteiger partial charge < -0.3 is 29.4 Å². The van der Waals surface area contributed by atoms with Gasteiger partial charge in [-0.05, 0) is 23.9 Å². The van der Waals surface area contributed by atoms with Gasteiger partial charge in [0.2, 0.25) is 0 Å². The predicted octanol–water partition coefficient (Wildman–Crippen LogP) is 1.57. The lowest BCUT2D eigenvalue weighted by atomic mass is 9.96. The molecule has 4 atom stereocenters. The number of ether oxygens (including phenoxy) is 2. The average molecular weight is 423 g/mol. The molecule has 0 aliphatic carbocycles. The van der Waals surface area contributed by atoms with E-state index in [9.17, 15) is 15.3 Å². The summed E-state index contributed by atoms with van der Waals surface area (Å²) in [4.78, 5) is 0. The smallest absolute Gasteiger partial charge is 0.187 e. The lowest BCUT2D eigenvalue weighted by Crippen LogP contribution is -2.34. The van der Waals surface area contributed by atoms with Crippen molar-refractivity contribution in [1.29, 1.82) is 0 Å². The van der Waals surface area contributed by atoms with Crippen molar-refractivity contribution in [3.63, 3.8) is 0 Å². The third-order valence-electron chi connectivity index (χ3n) is 6.48. The van der Waals surface area contributed by atoms with Gasteiger partial charge in [-0.3, -0.25) is 0 Å². The van der Waals surface area contributed by atoms with Crippen LogP contribution in [0.15, 0.2) is 42.7 Å². The summed E-state index contributed by atoms with van der Waals surface area (Å²) in [5.74, 6) is 0. The van der Waals surface area contributed by atoms with Crippen molar-refractivity contribution >= 4 is 32.6 Å². The summed E-state index contributed by atoms with van der Waals surface area (Å²) in [7, 11) is 4.06. The van der Waals surface area contributed by atoms with Crippen LogP contribution < -0.4 is 4.57 Å². The molecule has 0 bridgehead atoms. The Hall–Kier alpha value is -2.55. The van der Waals surface area contributed by atoms with E-state index in [1.165, 1.54) is 5.56 Å². The maximum atomic E-state index is 10.3. The zero-order chi connectivity index (χ0) is 21.9. The van der Waals surface area contributed by atoms with Crippen LogP contribution in [0.4, 0.5) is 0 Å². The number of nitrogens with zero attached hydrogens (tertiary/aromatic N) is 2. The lowest BCUT2D eigenvalue weighted by Gasteiger charge is -2.18.